The van der Waals surface area contributed by atoms with Crippen LogP contribution in [0.25, 0.3) is 0 Å². The second-order valence-electron chi connectivity index (χ2n) is 6.69. The molecule has 0 bridgehead atoms. The third-order valence-corrected chi connectivity index (χ3v) is 5.35. The monoisotopic (exact) mass is 314 g/mol. The Morgan fingerprint density at radius 2 is 2.26 bits per heavy atom. The minimum Gasteiger partial charge on any atom is -0.337 e. The van der Waals surface area contributed by atoms with E-state index < -0.39 is 0 Å². The van der Waals surface area contributed by atoms with E-state index in [1.807, 2.05) is 22.7 Å². The average Bonchev–Trinajstić information content (AvgIpc) is 2.98. The van der Waals surface area contributed by atoms with Crippen LogP contribution in [0.2, 0.25) is 0 Å². The van der Waals surface area contributed by atoms with Crippen molar-refractivity contribution < 1.29 is 4.79 Å². The number of H-pyrrole nitrogens is 1. The first-order chi connectivity index (χ1) is 11.2. The van der Waals surface area contributed by atoms with E-state index >= 15 is 0 Å². The van der Waals surface area contributed by atoms with Crippen LogP contribution >= 0.6 is 0 Å². The summed E-state index contributed by atoms with van der Waals surface area (Å²) in [5, 5.41) is 10.1. The van der Waals surface area contributed by atoms with Gasteiger partial charge in [0.1, 0.15) is 11.5 Å². The molecule has 7 heteroatoms. The van der Waals surface area contributed by atoms with Crippen LogP contribution in [0.1, 0.15) is 35.6 Å². The minimum absolute atomic E-state index is 0.0194. The normalized spacial score (nSPS) is 22.2. The number of hydrogen-bond acceptors (Lipinski definition) is 4. The fraction of sp³-hybridized carbons (Fsp3) is 0.562. The highest BCUT2D eigenvalue weighted by Crippen LogP contribution is 2.56. The number of aromatic nitrogens is 4. The molecule has 2 aliphatic rings. The topological polar surface area (TPSA) is 78.8 Å². The summed E-state index contributed by atoms with van der Waals surface area (Å²) in [4.78, 5) is 19.3. The number of piperidine rings is 1. The second kappa shape index (κ2) is 5.49. The van der Waals surface area contributed by atoms with Gasteiger partial charge in [-0.05, 0) is 43.8 Å². The molecule has 1 aliphatic heterocycles. The lowest BCUT2D eigenvalue weighted by molar-refractivity contribution is 0.0679. The summed E-state index contributed by atoms with van der Waals surface area (Å²) >= 11 is 0. The second-order valence-corrected chi connectivity index (χ2v) is 6.69. The third kappa shape index (κ3) is 2.55. The zero-order valence-electron chi connectivity index (χ0n) is 13.3. The maximum Gasteiger partial charge on any atom is 0.272 e. The van der Waals surface area contributed by atoms with Gasteiger partial charge in [0.05, 0.1) is 6.54 Å². The van der Waals surface area contributed by atoms with Gasteiger partial charge in [-0.3, -0.25) is 9.89 Å². The molecule has 2 aromatic heterocycles. The fourth-order valence-electron chi connectivity index (χ4n) is 3.78. The molecule has 1 saturated heterocycles. The van der Waals surface area contributed by atoms with Crippen molar-refractivity contribution in [3.05, 3.63) is 36.2 Å². The SMILES string of the molecule is Cn1ccnc1CN(C(=O)c1ccn[nH]1)C1CC12CCNCC2. The molecule has 4 rings (SSSR count). The van der Waals surface area contributed by atoms with Crippen molar-refractivity contribution in [2.75, 3.05) is 13.1 Å². The largest absolute Gasteiger partial charge is 0.337 e. The van der Waals surface area contributed by atoms with Crippen LogP contribution in [0.4, 0.5) is 0 Å². The van der Waals surface area contributed by atoms with E-state index in [2.05, 4.69) is 20.5 Å². The van der Waals surface area contributed by atoms with Crippen molar-refractivity contribution in [2.45, 2.75) is 31.8 Å². The van der Waals surface area contributed by atoms with Gasteiger partial charge in [0.2, 0.25) is 0 Å². The highest BCUT2D eigenvalue weighted by Gasteiger charge is 2.58. The van der Waals surface area contributed by atoms with Crippen LogP contribution in [-0.4, -0.2) is 49.7 Å². The summed E-state index contributed by atoms with van der Waals surface area (Å²) in [5.41, 5.74) is 0.849. The zero-order valence-corrected chi connectivity index (χ0v) is 13.3. The first-order valence-electron chi connectivity index (χ1n) is 8.17. The maximum atomic E-state index is 13.0. The van der Waals surface area contributed by atoms with Gasteiger partial charge in [0.15, 0.2) is 0 Å². The Kier molecular flexibility index (Phi) is 3.45. The molecule has 1 saturated carbocycles. The van der Waals surface area contributed by atoms with Gasteiger partial charge in [0.25, 0.3) is 5.91 Å². The molecule has 1 spiro atoms. The summed E-state index contributed by atoms with van der Waals surface area (Å²) in [7, 11) is 1.97. The van der Waals surface area contributed by atoms with E-state index in [-0.39, 0.29) is 5.91 Å². The predicted molar refractivity (Wildman–Crippen MR) is 84.6 cm³/mol. The van der Waals surface area contributed by atoms with Gasteiger partial charge < -0.3 is 14.8 Å². The van der Waals surface area contributed by atoms with Crippen molar-refractivity contribution in [1.29, 1.82) is 0 Å². The van der Waals surface area contributed by atoms with E-state index in [0.717, 1.165) is 38.2 Å². The molecule has 0 aromatic carbocycles. The number of aromatic amines is 1. The lowest BCUT2D eigenvalue weighted by Crippen LogP contribution is -2.39. The molecule has 23 heavy (non-hydrogen) atoms. The Balaban J connectivity index is 1.59. The molecule has 1 amide bonds. The molecule has 0 radical (unpaired) electrons. The van der Waals surface area contributed by atoms with Gasteiger partial charge in [-0.1, -0.05) is 0 Å². The quantitative estimate of drug-likeness (QED) is 0.880. The van der Waals surface area contributed by atoms with E-state index in [0.29, 0.717) is 23.7 Å². The standard InChI is InChI=1S/C16H22N6O/c1-21-9-8-18-14(21)11-22(15(23)12-2-5-19-20-12)13-10-16(13)3-6-17-7-4-16/h2,5,8-9,13,17H,3-4,6-7,10-11H2,1H3,(H,19,20). The molecule has 2 fully saturated rings. The van der Waals surface area contributed by atoms with Crippen LogP contribution in [0, 0.1) is 5.41 Å². The van der Waals surface area contributed by atoms with Crippen molar-refractivity contribution in [1.82, 2.24) is 30.0 Å². The number of carbonyl (C=O) groups is 1. The summed E-state index contributed by atoms with van der Waals surface area (Å²) in [6, 6.07) is 2.04. The van der Waals surface area contributed by atoms with E-state index in [1.165, 1.54) is 0 Å². The molecule has 122 valence electrons. The zero-order chi connectivity index (χ0) is 15.9. The Morgan fingerprint density at radius 1 is 1.43 bits per heavy atom. The Bertz CT molecular complexity index is 685. The van der Waals surface area contributed by atoms with E-state index in [1.54, 1.807) is 18.5 Å². The molecule has 2 aromatic rings. The molecule has 1 unspecified atom stereocenters. The smallest absolute Gasteiger partial charge is 0.272 e. The Hall–Kier alpha value is -2.15. The fourth-order valence-corrected chi connectivity index (χ4v) is 3.78. The molecule has 2 N–H and O–H groups in total. The number of nitrogens with zero attached hydrogens (tertiary/aromatic N) is 4. The van der Waals surface area contributed by atoms with Crippen LogP contribution in [0.5, 0.6) is 0 Å². The molecular formula is C16H22N6O. The van der Waals surface area contributed by atoms with E-state index in [4.69, 9.17) is 0 Å². The number of aryl methyl sites for hydroxylation is 1. The summed E-state index contributed by atoms with van der Waals surface area (Å²) < 4.78 is 1.98. The number of rotatable bonds is 4. The van der Waals surface area contributed by atoms with Gasteiger partial charge >= 0.3 is 0 Å². The summed E-state index contributed by atoms with van der Waals surface area (Å²) in [6.07, 6.45) is 8.71. The maximum absolute atomic E-state index is 13.0. The number of amides is 1. The Labute approximate surface area is 135 Å². The van der Waals surface area contributed by atoms with Gasteiger partial charge in [-0.2, -0.15) is 5.10 Å². The van der Waals surface area contributed by atoms with Crippen molar-refractivity contribution in [2.24, 2.45) is 12.5 Å². The van der Waals surface area contributed by atoms with Gasteiger partial charge in [0, 0.05) is 31.7 Å². The number of carbonyl (C=O) groups excluding carboxylic acids is 1. The molecule has 3 heterocycles. The van der Waals surface area contributed by atoms with Gasteiger partial charge in [-0.25, -0.2) is 4.98 Å². The van der Waals surface area contributed by atoms with Gasteiger partial charge in [-0.15, -0.1) is 0 Å². The van der Waals surface area contributed by atoms with Crippen molar-refractivity contribution in [3.63, 3.8) is 0 Å². The lowest BCUT2D eigenvalue weighted by atomic mass is 9.93. The van der Waals surface area contributed by atoms with Crippen LogP contribution in [0.15, 0.2) is 24.7 Å². The third-order valence-electron chi connectivity index (χ3n) is 5.35. The van der Waals surface area contributed by atoms with Crippen LogP contribution in [-0.2, 0) is 13.6 Å². The minimum atomic E-state index is 0.0194. The highest BCUT2D eigenvalue weighted by molar-refractivity contribution is 5.92. The first kappa shape index (κ1) is 14.4. The number of nitrogens with one attached hydrogen (secondary N) is 2. The molecule has 7 nitrogen and oxygen atoms in total. The van der Waals surface area contributed by atoms with Crippen LogP contribution in [0.3, 0.4) is 0 Å². The lowest BCUT2D eigenvalue weighted by Gasteiger charge is -2.29. The number of hydrogen-bond donors (Lipinski definition) is 2. The number of imidazole rings is 1. The van der Waals surface area contributed by atoms with Crippen molar-refractivity contribution in [3.8, 4) is 0 Å². The first-order valence-corrected chi connectivity index (χ1v) is 8.17. The van der Waals surface area contributed by atoms with Crippen LogP contribution < -0.4 is 5.32 Å². The Morgan fingerprint density at radius 3 is 2.91 bits per heavy atom. The summed E-state index contributed by atoms with van der Waals surface area (Å²) in [6.45, 7) is 2.64. The highest BCUT2D eigenvalue weighted by atomic mass is 16.2. The molecular weight excluding hydrogens is 292 g/mol. The molecule has 1 atom stereocenters. The van der Waals surface area contributed by atoms with Crippen molar-refractivity contribution >= 4 is 5.91 Å². The average molecular weight is 314 g/mol. The molecule has 1 aliphatic carbocycles. The summed E-state index contributed by atoms with van der Waals surface area (Å²) in [5.74, 6) is 0.930. The van der Waals surface area contributed by atoms with E-state index in [9.17, 15) is 4.79 Å². The predicted octanol–water partition coefficient (Wildman–Crippen LogP) is 0.928.